The number of ether oxygens (including phenoxy) is 1. The molecule has 102 valence electrons. The minimum Gasteiger partial charge on any atom is -0.476 e. The summed E-state index contributed by atoms with van der Waals surface area (Å²) >= 11 is 0. The van der Waals surface area contributed by atoms with E-state index in [1.807, 2.05) is 13.0 Å². The van der Waals surface area contributed by atoms with Crippen LogP contribution >= 0.6 is 0 Å². The van der Waals surface area contributed by atoms with Gasteiger partial charge >= 0.3 is 0 Å². The smallest absolute Gasteiger partial charge is 0.184 e. The zero-order valence-electron chi connectivity index (χ0n) is 11.8. The van der Waals surface area contributed by atoms with Crippen LogP contribution in [0.5, 0.6) is 5.75 Å². The third-order valence-electron chi connectivity index (χ3n) is 3.67. The average Bonchev–Trinajstić information content (AvgIpc) is 2.45. The van der Waals surface area contributed by atoms with Crippen LogP contribution in [0.4, 0.5) is 0 Å². The zero-order valence-corrected chi connectivity index (χ0v) is 11.8. The Morgan fingerprint density at radius 3 is 3.00 bits per heavy atom. The SMILES string of the molecule is CCNC1CCCc2cc(OC(C#N)CC)ccc21. The molecule has 1 aliphatic rings. The fourth-order valence-corrected chi connectivity index (χ4v) is 2.69. The van der Waals surface area contributed by atoms with E-state index in [1.165, 1.54) is 24.0 Å². The lowest BCUT2D eigenvalue weighted by molar-refractivity contribution is 0.251. The van der Waals surface area contributed by atoms with Crippen LogP contribution in [0.25, 0.3) is 0 Å². The molecule has 0 aliphatic heterocycles. The fourth-order valence-electron chi connectivity index (χ4n) is 2.69. The highest BCUT2D eigenvalue weighted by Gasteiger charge is 2.20. The van der Waals surface area contributed by atoms with E-state index < -0.39 is 0 Å². The van der Waals surface area contributed by atoms with Gasteiger partial charge in [-0.3, -0.25) is 0 Å². The second kappa shape index (κ2) is 6.58. The van der Waals surface area contributed by atoms with E-state index >= 15 is 0 Å². The third kappa shape index (κ3) is 3.27. The summed E-state index contributed by atoms with van der Waals surface area (Å²) in [4.78, 5) is 0. The van der Waals surface area contributed by atoms with Crippen LogP contribution in [0.15, 0.2) is 18.2 Å². The molecule has 0 aromatic heterocycles. The van der Waals surface area contributed by atoms with E-state index in [2.05, 4.69) is 30.4 Å². The predicted octanol–water partition coefficient (Wildman–Crippen LogP) is 3.35. The topological polar surface area (TPSA) is 45.0 Å². The Morgan fingerprint density at radius 1 is 1.47 bits per heavy atom. The van der Waals surface area contributed by atoms with Crippen molar-refractivity contribution < 1.29 is 4.74 Å². The summed E-state index contributed by atoms with van der Waals surface area (Å²) in [6, 6.07) is 8.91. The minimum atomic E-state index is -0.341. The number of rotatable bonds is 5. The third-order valence-corrected chi connectivity index (χ3v) is 3.67. The summed E-state index contributed by atoms with van der Waals surface area (Å²) in [5.41, 5.74) is 2.76. The molecular formula is C16H22N2O. The molecule has 0 saturated carbocycles. The summed E-state index contributed by atoms with van der Waals surface area (Å²) in [7, 11) is 0. The molecule has 1 N–H and O–H groups in total. The maximum Gasteiger partial charge on any atom is 0.184 e. The molecule has 3 heteroatoms. The number of nitrogens with zero attached hydrogens (tertiary/aromatic N) is 1. The van der Waals surface area contributed by atoms with Crippen molar-refractivity contribution >= 4 is 0 Å². The maximum atomic E-state index is 8.95. The van der Waals surface area contributed by atoms with Crippen LogP contribution in [-0.4, -0.2) is 12.6 Å². The van der Waals surface area contributed by atoms with Gasteiger partial charge in [-0.05, 0) is 55.5 Å². The van der Waals surface area contributed by atoms with Gasteiger partial charge in [0.05, 0.1) is 0 Å². The van der Waals surface area contributed by atoms with Crippen molar-refractivity contribution in [2.24, 2.45) is 0 Å². The first kappa shape index (κ1) is 13.9. The van der Waals surface area contributed by atoms with E-state index in [4.69, 9.17) is 10.00 Å². The van der Waals surface area contributed by atoms with Gasteiger partial charge in [-0.2, -0.15) is 5.26 Å². The molecule has 1 aromatic rings. The number of aryl methyl sites for hydroxylation is 1. The van der Waals surface area contributed by atoms with Gasteiger partial charge in [-0.15, -0.1) is 0 Å². The lowest BCUT2D eigenvalue weighted by Crippen LogP contribution is -2.25. The average molecular weight is 258 g/mol. The van der Waals surface area contributed by atoms with Crippen molar-refractivity contribution in [1.29, 1.82) is 5.26 Å². The Kier molecular flexibility index (Phi) is 4.81. The van der Waals surface area contributed by atoms with Crippen LogP contribution in [0.2, 0.25) is 0 Å². The number of hydrogen-bond acceptors (Lipinski definition) is 3. The van der Waals surface area contributed by atoms with Crippen molar-refractivity contribution in [1.82, 2.24) is 5.32 Å². The van der Waals surface area contributed by atoms with Crippen molar-refractivity contribution in [3.63, 3.8) is 0 Å². The Balaban J connectivity index is 2.17. The molecule has 0 bridgehead atoms. The minimum absolute atomic E-state index is 0.341. The number of nitriles is 1. The molecule has 0 saturated heterocycles. The van der Waals surface area contributed by atoms with Gasteiger partial charge in [0, 0.05) is 6.04 Å². The maximum absolute atomic E-state index is 8.95. The van der Waals surface area contributed by atoms with Crippen LogP contribution < -0.4 is 10.1 Å². The van der Waals surface area contributed by atoms with Crippen molar-refractivity contribution in [2.45, 2.75) is 51.7 Å². The number of nitrogens with one attached hydrogen (secondary N) is 1. The molecule has 2 atom stereocenters. The van der Waals surface area contributed by atoms with Gasteiger partial charge in [0.2, 0.25) is 0 Å². The van der Waals surface area contributed by atoms with E-state index in [-0.39, 0.29) is 6.10 Å². The summed E-state index contributed by atoms with van der Waals surface area (Å²) in [5.74, 6) is 0.823. The molecule has 19 heavy (non-hydrogen) atoms. The molecule has 1 aliphatic carbocycles. The van der Waals surface area contributed by atoms with Gasteiger partial charge in [-0.1, -0.05) is 19.9 Å². The largest absolute Gasteiger partial charge is 0.476 e. The normalized spacial score (nSPS) is 19.3. The van der Waals surface area contributed by atoms with Crippen molar-refractivity contribution in [3.05, 3.63) is 29.3 Å². The molecule has 0 spiro atoms. The Bertz CT molecular complexity index is 464. The zero-order chi connectivity index (χ0) is 13.7. The molecule has 1 aromatic carbocycles. The molecule has 0 heterocycles. The van der Waals surface area contributed by atoms with Crippen molar-refractivity contribution in [3.8, 4) is 11.8 Å². The Morgan fingerprint density at radius 2 is 2.32 bits per heavy atom. The first-order valence-electron chi connectivity index (χ1n) is 7.21. The van der Waals surface area contributed by atoms with Crippen LogP contribution in [0.1, 0.15) is 50.3 Å². The predicted molar refractivity (Wildman–Crippen MR) is 76.1 cm³/mol. The highest BCUT2D eigenvalue weighted by atomic mass is 16.5. The highest BCUT2D eigenvalue weighted by Crippen LogP contribution is 2.32. The summed E-state index contributed by atoms with van der Waals surface area (Å²) in [6.07, 6.45) is 3.90. The molecule has 2 unspecified atom stereocenters. The van der Waals surface area contributed by atoms with Gasteiger partial charge < -0.3 is 10.1 Å². The lowest BCUT2D eigenvalue weighted by Gasteiger charge is -2.26. The summed E-state index contributed by atoms with van der Waals surface area (Å²) < 4.78 is 5.69. The van der Waals surface area contributed by atoms with Crippen LogP contribution in [-0.2, 0) is 6.42 Å². The van der Waals surface area contributed by atoms with Gasteiger partial charge in [0.1, 0.15) is 11.8 Å². The van der Waals surface area contributed by atoms with Crippen LogP contribution in [0, 0.1) is 11.3 Å². The first-order chi connectivity index (χ1) is 9.28. The highest BCUT2D eigenvalue weighted by molar-refractivity contribution is 5.39. The molecule has 0 radical (unpaired) electrons. The fraction of sp³-hybridized carbons (Fsp3) is 0.562. The van der Waals surface area contributed by atoms with Crippen molar-refractivity contribution in [2.75, 3.05) is 6.54 Å². The lowest BCUT2D eigenvalue weighted by atomic mass is 9.87. The Labute approximate surface area is 115 Å². The monoisotopic (exact) mass is 258 g/mol. The van der Waals surface area contributed by atoms with Gasteiger partial charge in [0.25, 0.3) is 0 Å². The second-order valence-electron chi connectivity index (χ2n) is 5.01. The molecular weight excluding hydrogens is 236 g/mol. The quantitative estimate of drug-likeness (QED) is 0.881. The van der Waals surface area contributed by atoms with E-state index in [0.29, 0.717) is 12.5 Å². The first-order valence-corrected chi connectivity index (χ1v) is 7.21. The summed E-state index contributed by atoms with van der Waals surface area (Å²) in [6.45, 7) is 5.10. The van der Waals surface area contributed by atoms with Crippen LogP contribution in [0.3, 0.4) is 0 Å². The van der Waals surface area contributed by atoms with Gasteiger partial charge in [0.15, 0.2) is 6.10 Å². The van der Waals surface area contributed by atoms with E-state index in [9.17, 15) is 0 Å². The second-order valence-corrected chi connectivity index (χ2v) is 5.01. The molecule has 0 amide bonds. The number of fused-ring (bicyclic) bond motifs is 1. The summed E-state index contributed by atoms with van der Waals surface area (Å²) in [5, 5.41) is 12.5. The van der Waals surface area contributed by atoms with E-state index in [1.54, 1.807) is 0 Å². The number of benzene rings is 1. The molecule has 2 rings (SSSR count). The number of hydrogen-bond donors (Lipinski definition) is 1. The van der Waals surface area contributed by atoms with Gasteiger partial charge in [-0.25, -0.2) is 0 Å². The van der Waals surface area contributed by atoms with E-state index in [0.717, 1.165) is 18.7 Å². The Hall–Kier alpha value is -1.53. The molecule has 0 fully saturated rings. The molecule has 3 nitrogen and oxygen atoms in total. The standard InChI is InChI=1S/C16H22N2O/c1-3-13(11-17)19-14-8-9-15-12(10-14)6-5-7-16(15)18-4-2/h8-10,13,16,18H,3-7H2,1-2H3.